The molecule has 1 unspecified atom stereocenters. The molecule has 0 aliphatic carbocycles. The lowest BCUT2D eigenvalue weighted by molar-refractivity contribution is -0.0297. The number of nitrogens with zero attached hydrogens (tertiary/aromatic N) is 3. The molecule has 4 atom stereocenters. The van der Waals surface area contributed by atoms with Crippen molar-refractivity contribution in [3.8, 4) is 0 Å². The average molecular weight is 328 g/mol. The molecule has 0 spiro atoms. The molecular formula is C13H24N6O4. The SMILES string of the molecule is CC.CO.C[C@H]1OC(n2cnc3c(=O)[nH]c(N)nc32)[C@H](O)[C@@H]1N. The highest BCUT2D eigenvalue weighted by molar-refractivity contribution is 5.70. The van der Waals surface area contributed by atoms with E-state index in [-0.39, 0.29) is 23.2 Å². The Morgan fingerprint density at radius 3 is 2.52 bits per heavy atom. The van der Waals surface area contributed by atoms with Gasteiger partial charge in [0.2, 0.25) is 5.95 Å². The second-order valence-electron chi connectivity index (χ2n) is 4.57. The quantitative estimate of drug-likeness (QED) is 0.442. The van der Waals surface area contributed by atoms with Crippen LogP contribution in [-0.4, -0.2) is 55.1 Å². The van der Waals surface area contributed by atoms with Crippen LogP contribution in [0, 0.1) is 0 Å². The number of fused-ring (bicyclic) bond motifs is 1. The van der Waals surface area contributed by atoms with Crippen molar-refractivity contribution in [3.05, 3.63) is 16.7 Å². The van der Waals surface area contributed by atoms with E-state index in [9.17, 15) is 9.90 Å². The molecule has 0 saturated carbocycles. The largest absolute Gasteiger partial charge is 0.400 e. The van der Waals surface area contributed by atoms with Gasteiger partial charge in [-0.05, 0) is 6.92 Å². The third kappa shape index (κ3) is 3.50. The Morgan fingerprint density at radius 2 is 2.00 bits per heavy atom. The van der Waals surface area contributed by atoms with Crippen molar-refractivity contribution in [1.29, 1.82) is 0 Å². The summed E-state index contributed by atoms with van der Waals surface area (Å²) in [5.41, 5.74) is 11.3. The molecule has 0 amide bonds. The number of ether oxygens (including phenoxy) is 1. The number of aromatic amines is 1. The number of aliphatic hydroxyl groups excluding tert-OH is 2. The van der Waals surface area contributed by atoms with Crippen molar-refractivity contribution < 1.29 is 14.9 Å². The molecule has 1 aliphatic heterocycles. The second-order valence-corrected chi connectivity index (χ2v) is 4.57. The lowest BCUT2D eigenvalue weighted by Gasteiger charge is -2.16. The Bertz CT molecular complexity index is 685. The molecule has 2 aromatic heterocycles. The average Bonchev–Trinajstić information content (AvgIpc) is 3.08. The molecule has 10 nitrogen and oxygen atoms in total. The van der Waals surface area contributed by atoms with Gasteiger partial charge in [0.15, 0.2) is 17.4 Å². The van der Waals surface area contributed by atoms with Crippen LogP contribution in [0.3, 0.4) is 0 Å². The van der Waals surface area contributed by atoms with E-state index in [0.29, 0.717) is 0 Å². The molecule has 2 aromatic rings. The number of nitrogens with two attached hydrogens (primary N) is 2. The maximum absolute atomic E-state index is 11.7. The first kappa shape index (κ1) is 19.0. The van der Waals surface area contributed by atoms with Crippen LogP contribution in [0.15, 0.2) is 11.1 Å². The van der Waals surface area contributed by atoms with Crippen LogP contribution in [-0.2, 0) is 4.74 Å². The van der Waals surface area contributed by atoms with Gasteiger partial charge in [-0.2, -0.15) is 4.98 Å². The van der Waals surface area contributed by atoms with Crippen molar-refractivity contribution in [3.63, 3.8) is 0 Å². The second kappa shape index (κ2) is 8.02. The van der Waals surface area contributed by atoms with Crippen molar-refractivity contribution in [2.75, 3.05) is 12.8 Å². The summed E-state index contributed by atoms with van der Waals surface area (Å²) >= 11 is 0. The molecule has 10 heteroatoms. The number of anilines is 1. The van der Waals surface area contributed by atoms with Crippen molar-refractivity contribution in [1.82, 2.24) is 19.5 Å². The number of aliphatic hydroxyl groups is 2. The fourth-order valence-electron chi connectivity index (χ4n) is 2.22. The number of aromatic nitrogens is 4. The van der Waals surface area contributed by atoms with Crippen LogP contribution in [0.4, 0.5) is 5.95 Å². The highest BCUT2D eigenvalue weighted by Gasteiger charge is 2.40. The minimum atomic E-state index is -0.908. The molecule has 1 saturated heterocycles. The van der Waals surface area contributed by atoms with Gasteiger partial charge in [-0.3, -0.25) is 14.3 Å². The summed E-state index contributed by atoms with van der Waals surface area (Å²) in [6, 6.07) is -0.512. The monoisotopic (exact) mass is 328 g/mol. The van der Waals surface area contributed by atoms with Gasteiger partial charge in [0.1, 0.15) is 6.10 Å². The maximum Gasteiger partial charge on any atom is 0.280 e. The Balaban J connectivity index is 0.000000615. The number of nitrogens with one attached hydrogen (secondary N) is 1. The standard InChI is InChI=1S/C10H14N6O3.C2H6.CH4O/c1-3-4(11)6(17)9(19-3)16-2-13-5-7(16)14-10(12)15-8(5)18;2*1-2/h2-4,6,9,17H,11H2,1H3,(H3,12,14,15,18);1-2H3;2H,1H3/t3-,4-,6-,9?;;/m1../s1. The summed E-state index contributed by atoms with van der Waals surface area (Å²) in [5.74, 6) is -0.0240. The van der Waals surface area contributed by atoms with Gasteiger partial charge in [-0.15, -0.1) is 0 Å². The summed E-state index contributed by atoms with van der Waals surface area (Å²) in [6.45, 7) is 5.77. The predicted octanol–water partition coefficient (Wildman–Crippen LogP) is -1.06. The molecule has 3 heterocycles. The summed E-state index contributed by atoms with van der Waals surface area (Å²) in [7, 11) is 1.00. The first-order chi connectivity index (χ1) is 11.0. The van der Waals surface area contributed by atoms with Crippen molar-refractivity contribution in [2.24, 2.45) is 5.73 Å². The molecule has 1 aliphatic rings. The van der Waals surface area contributed by atoms with Gasteiger partial charge < -0.3 is 26.4 Å². The Labute approximate surface area is 133 Å². The van der Waals surface area contributed by atoms with Gasteiger partial charge in [0.05, 0.1) is 18.5 Å². The third-order valence-corrected chi connectivity index (χ3v) is 3.31. The Kier molecular flexibility index (Phi) is 6.63. The fourth-order valence-corrected chi connectivity index (χ4v) is 2.22. The smallest absolute Gasteiger partial charge is 0.280 e. The summed E-state index contributed by atoms with van der Waals surface area (Å²) in [6.07, 6.45) is -0.569. The predicted molar refractivity (Wildman–Crippen MR) is 85.6 cm³/mol. The zero-order chi connectivity index (χ0) is 17.7. The van der Waals surface area contributed by atoms with Crippen LogP contribution < -0.4 is 17.0 Å². The van der Waals surface area contributed by atoms with Gasteiger partial charge >= 0.3 is 0 Å². The van der Waals surface area contributed by atoms with E-state index in [1.165, 1.54) is 10.9 Å². The number of H-pyrrole nitrogens is 1. The molecule has 7 N–H and O–H groups in total. The van der Waals surface area contributed by atoms with Crippen LogP contribution in [0.2, 0.25) is 0 Å². The lowest BCUT2D eigenvalue weighted by atomic mass is 10.1. The Hall–Kier alpha value is -2.01. The molecule has 130 valence electrons. The minimum Gasteiger partial charge on any atom is -0.400 e. The van der Waals surface area contributed by atoms with Crippen LogP contribution in [0.1, 0.15) is 27.0 Å². The highest BCUT2D eigenvalue weighted by atomic mass is 16.5. The number of imidazole rings is 1. The van der Waals surface area contributed by atoms with Crippen LogP contribution in [0.25, 0.3) is 11.2 Å². The molecule has 0 bridgehead atoms. The molecule has 0 aromatic carbocycles. The topological polar surface area (TPSA) is 165 Å². The van der Waals surface area contributed by atoms with Crippen molar-refractivity contribution >= 4 is 17.1 Å². The first-order valence-electron chi connectivity index (χ1n) is 7.25. The molecule has 3 rings (SSSR count). The molecular weight excluding hydrogens is 304 g/mol. The van der Waals surface area contributed by atoms with Gasteiger partial charge in [0, 0.05) is 7.11 Å². The van der Waals surface area contributed by atoms with Crippen molar-refractivity contribution in [2.45, 2.75) is 45.2 Å². The third-order valence-electron chi connectivity index (χ3n) is 3.31. The Morgan fingerprint density at radius 1 is 1.39 bits per heavy atom. The zero-order valence-electron chi connectivity index (χ0n) is 13.6. The highest BCUT2D eigenvalue weighted by Crippen LogP contribution is 2.29. The van der Waals surface area contributed by atoms with Gasteiger partial charge in [-0.25, -0.2) is 4.98 Å². The van der Waals surface area contributed by atoms with E-state index in [1.807, 2.05) is 13.8 Å². The van der Waals surface area contributed by atoms with E-state index in [4.69, 9.17) is 21.3 Å². The summed E-state index contributed by atoms with van der Waals surface area (Å²) in [5, 5.41) is 17.1. The van der Waals surface area contributed by atoms with E-state index in [1.54, 1.807) is 6.92 Å². The lowest BCUT2D eigenvalue weighted by Crippen LogP contribution is -2.38. The molecule has 1 fully saturated rings. The van der Waals surface area contributed by atoms with E-state index in [2.05, 4.69) is 15.0 Å². The summed E-state index contributed by atoms with van der Waals surface area (Å²) < 4.78 is 7.04. The van der Waals surface area contributed by atoms with Gasteiger partial charge in [-0.1, -0.05) is 13.8 Å². The van der Waals surface area contributed by atoms with Crippen LogP contribution in [0.5, 0.6) is 0 Å². The maximum atomic E-state index is 11.7. The normalized spacial score (nSPS) is 26.2. The fraction of sp³-hybridized carbons (Fsp3) is 0.615. The van der Waals surface area contributed by atoms with E-state index in [0.717, 1.165) is 7.11 Å². The first-order valence-corrected chi connectivity index (χ1v) is 7.25. The number of rotatable bonds is 1. The number of hydrogen-bond acceptors (Lipinski definition) is 8. The van der Waals surface area contributed by atoms with Crippen LogP contribution >= 0.6 is 0 Å². The van der Waals surface area contributed by atoms with E-state index < -0.39 is 23.9 Å². The number of nitrogen functional groups attached to an aromatic ring is 1. The molecule has 0 radical (unpaired) electrons. The zero-order valence-corrected chi connectivity index (χ0v) is 13.6. The van der Waals surface area contributed by atoms with Gasteiger partial charge in [0.25, 0.3) is 5.56 Å². The minimum absolute atomic E-state index is 0.0240. The number of hydrogen-bond donors (Lipinski definition) is 5. The summed E-state index contributed by atoms with van der Waals surface area (Å²) in [4.78, 5) is 22.0. The van der Waals surface area contributed by atoms with E-state index >= 15 is 0 Å². The molecule has 23 heavy (non-hydrogen) atoms.